The zero-order valence-electron chi connectivity index (χ0n) is 8.73. The van der Waals surface area contributed by atoms with Crippen molar-refractivity contribution < 1.29 is 17.8 Å². The minimum absolute atomic E-state index is 0. The summed E-state index contributed by atoms with van der Waals surface area (Å²) in [6, 6.07) is 0. The fourth-order valence-electron chi connectivity index (χ4n) is 0.211. The van der Waals surface area contributed by atoms with E-state index in [1.165, 1.54) is 6.92 Å². The Bertz CT molecular complexity index is 263. The van der Waals surface area contributed by atoms with Crippen LogP contribution in [0.25, 0.3) is 0 Å². The molecule has 7 heteroatoms. The van der Waals surface area contributed by atoms with Gasteiger partial charge < -0.3 is 5.73 Å². The average Bonchev–Trinajstić information content (AvgIpc) is 2.02. The minimum Gasteiger partial charge on any atom is -0.366 e. The Morgan fingerprint density at radius 1 is 1.64 bits per heavy atom. The molecule has 0 aliphatic heterocycles. The Balaban J connectivity index is -0.000000177. The molecule has 3 N–H and O–H groups in total. The van der Waals surface area contributed by atoms with E-state index in [1.807, 2.05) is 0 Å². The van der Waals surface area contributed by atoms with Crippen molar-refractivity contribution in [2.75, 3.05) is 0 Å². The molecule has 0 aromatic carbocycles. The number of rotatable bonds is 3. The summed E-state index contributed by atoms with van der Waals surface area (Å²) >= 11 is 0. The molecule has 0 aliphatic carbocycles. The molecule has 0 bridgehead atoms. The zero-order valence-corrected chi connectivity index (χ0v) is 11.5. The van der Waals surface area contributed by atoms with Crippen LogP contribution in [0.2, 0.25) is 0 Å². The number of hydrogen-bond acceptors (Lipinski definition) is 3. The largest absolute Gasteiger partial charge is 0.366 e. The van der Waals surface area contributed by atoms with Crippen molar-refractivity contribution in [1.29, 1.82) is 0 Å². The Morgan fingerprint density at radius 3 is 1.93 bits per heavy atom. The predicted octanol–water partition coefficient (Wildman–Crippen LogP) is -0.0504. The quantitative estimate of drug-likeness (QED) is 0.405. The van der Waals surface area contributed by atoms with E-state index in [4.69, 9.17) is 4.55 Å². The van der Waals surface area contributed by atoms with Crippen LogP contribution in [-0.2, 0) is 14.9 Å². The topological polar surface area (TPSA) is 97.5 Å². The third kappa shape index (κ3) is 14.6. The molecule has 1 unspecified atom stereocenters. The molecule has 1 radical (unpaired) electrons. The molecule has 0 fully saturated rings. The maximum atomic E-state index is 10.1. The summed E-state index contributed by atoms with van der Waals surface area (Å²) in [6.45, 7) is 6.26. The van der Waals surface area contributed by atoms with Crippen molar-refractivity contribution in [1.82, 2.24) is 0 Å². The summed E-state index contributed by atoms with van der Waals surface area (Å²) in [5.41, 5.74) is 4.53. The number of hydrogen-bond donors (Lipinski definition) is 2. The first-order valence-corrected chi connectivity index (χ1v) is 5.14. The standard InChI is InChI=1S/C4H10O3S.C3H5NO.Na/c1-3-4(2)8(5,6)7;1-2-3(4)5;/h4H,3H2,1-2H3,(H,5,6,7);2H,1H2,(H2,4,5);. The van der Waals surface area contributed by atoms with Crippen LogP contribution in [0.5, 0.6) is 0 Å². The van der Waals surface area contributed by atoms with Crippen molar-refractivity contribution in [2.45, 2.75) is 25.5 Å². The summed E-state index contributed by atoms with van der Waals surface area (Å²) in [6.07, 6.45) is 1.51. The second-order valence-corrected chi connectivity index (χ2v) is 4.18. The van der Waals surface area contributed by atoms with Crippen molar-refractivity contribution >= 4 is 45.6 Å². The molecule has 0 saturated carbocycles. The van der Waals surface area contributed by atoms with E-state index in [-0.39, 0.29) is 29.6 Å². The second kappa shape index (κ2) is 9.67. The van der Waals surface area contributed by atoms with Gasteiger partial charge >= 0.3 is 0 Å². The van der Waals surface area contributed by atoms with Crippen LogP contribution < -0.4 is 5.73 Å². The molecule has 0 spiro atoms. The van der Waals surface area contributed by atoms with Crippen molar-refractivity contribution in [3.63, 3.8) is 0 Å². The van der Waals surface area contributed by atoms with Crippen molar-refractivity contribution in [3.05, 3.63) is 12.7 Å². The van der Waals surface area contributed by atoms with E-state index in [1.54, 1.807) is 6.92 Å². The Kier molecular flexibility index (Phi) is 13.6. The summed E-state index contributed by atoms with van der Waals surface area (Å²) in [4.78, 5) is 9.47. The number of nitrogens with two attached hydrogens (primary N) is 1. The molecule has 0 saturated heterocycles. The summed E-state index contributed by atoms with van der Waals surface area (Å²) in [7, 11) is -3.75. The van der Waals surface area contributed by atoms with Crippen LogP contribution in [0.1, 0.15) is 20.3 Å². The van der Waals surface area contributed by atoms with Crippen molar-refractivity contribution in [2.24, 2.45) is 5.73 Å². The van der Waals surface area contributed by atoms with Gasteiger partial charge in [-0.05, 0) is 19.4 Å². The second-order valence-electron chi connectivity index (χ2n) is 2.34. The van der Waals surface area contributed by atoms with Crippen LogP contribution in [0.4, 0.5) is 0 Å². The Labute approximate surface area is 107 Å². The van der Waals surface area contributed by atoms with Crippen LogP contribution >= 0.6 is 0 Å². The van der Waals surface area contributed by atoms with E-state index in [0.717, 1.165) is 6.08 Å². The van der Waals surface area contributed by atoms with E-state index < -0.39 is 21.3 Å². The molecular weight excluding hydrogens is 217 g/mol. The summed E-state index contributed by atoms with van der Waals surface area (Å²) in [5, 5.41) is -0.623. The zero-order chi connectivity index (χ0) is 11.1. The van der Waals surface area contributed by atoms with Gasteiger partial charge in [0, 0.05) is 29.6 Å². The van der Waals surface area contributed by atoms with Gasteiger partial charge in [0.15, 0.2) is 0 Å². The average molecular weight is 232 g/mol. The van der Waals surface area contributed by atoms with Crippen LogP contribution in [0.3, 0.4) is 0 Å². The van der Waals surface area contributed by atoms with Gasteiger partial charge in [-0.15, -0.1) is 0 Å². The van der Waals surface area contributed by atoms with Crippen LogP contribution in [0.15, 0.2) is 12.7 Å². The number of carbonyl (C=O) groups excluding carboxylic acids is 1. The minimum atomic E-state index is -3.75. The van der Waals surface area contributed by atoms with Crippen LogP contribution in [-0.4, -0.2) is 53.7 Å². The molecule has 5 nitrogen and oxygen atoms in total. The predicted molar refractivity (Wildman–Crippen MR) is 56.4 cm³/mol. The molecule has 0 aromatic heterocycles. The molecule has 79 valence electrons. The van der Waals surface area contributed by atoms with Gasteiger partial charge in [0.1, 0.15) is 0 Å². The van der Waals surface area contributed by atoms with Gasteiger partial charge in [-0.2, -0.15) is 8.42 Å². The Hall–Kier alpha value is 0.120. The molecular formula is C7H15NNaO4S. The van der Waals surface area contributed by atoms with E-state index >= 15 is 0 Å². The normalized spacial score (nSPS) is 11.4. The van der Waals surface area contributed by atoms with Gasteiger partial charge in [-0.3, -0.25) is 9.35 Å². The maximum Gasteiger partial charge on any atom is 0.267 e. The molecule has 0 rings (SSSR count). The molecule has 0 aliphatic rings. The molecule has 14 heavy (non-hydrogen) atoms. The fourth-order valence-corrected chi connectivity index (χ4v) is 0.632. The van der Waals surface area contributed by atoms with Crippen molar-refractivity contribution in [3.8, 4) is 0 Å². The molecule has 1 amide bonds. The van der Waals surface area contributed by atoms with Gasteiger partial charge in [0.25, 0.3) is 10.1 Å². The van der Waals surface area contributed by atoms with Gasteiger partial charge in [-0.25, -0.2) is 0 Å². The first-order valence-electron chi connectivity index (χ1n) is 3.63. The third-order valence-electron chi connectivity index (χ3n) is 1.28. The summed E-state index contributed by atoms with van der Waals surface area (Å²) < 4.78 is 28.5. The van der Waals surface area contributed by atoms with Gasteiger partial charge in [-0.1, -0.05) is 13.5 Å². The third-order valence-corrected chi connectivity index (χ3v) is 2.63. The first-order chi connectivity index (χ1) is 5.75. The van der Waals surface area contributed by atoms with Gasteiger partial charge in [0.2, 0.25) is 5.91 Å². The SMILES string of the molecule is C=CC(N)=O.CCC(C)S(=O)(=O)O.[Na]. The number of amides is 1. The summed E-state index contributed by atoms with van der Waals surface area (Å²) in [5.74, 6) is -0.481. The fraction of sp³-hybridized carbons (Fsp3) is 0.571. The molecule has 1 atom stereocenters. The molecule has 0 aromatic rings. The van der Waals surface area contributed by atoms with Gasteiger partial charge in [0.05, 0.1) is 5.25 Å². The molecule has 0 heterocycles. The number of carbonyl (C=O) groups is 1. The van der Waals surface area contributed by atoms with E-state index in [2.05, 4.69) is 12.3 Å². The maximum absolute atomic E-state index is 10.1. The van der Waals surface area contributed by atoms with Crippen LogP contribution in [0, 0.1) is 0 Å². The smallest absolute Gasteiger partial charge is 0.267 e. The monoisotopic (exact) mass is 232 g/mol. The van der Waals surface area contributed by atoms with E-state index in [9.17, 15) is 13.2 Å². The first kappa shape index (κ1) is 19.7. The van der Waals surface area contributed by atoms with E-state index in [0.29, 0.717) is 6.42 Å². The number of primary amides is 1. The Morgan fingerprint density at radius 2 is 1.93 bits per heavy atom.